The molecule has 0 radical (unpaired) electrons. The maximum atomic E-state index is 12.3. The maximum Gasteiger partial charge on any atom is 0.240 e. The van der Waals surface area contributed by atoms with E-state index in [2.05, 4.69) is 17.1 Å². The van der Waals surface area contributed by atoms with Crippen LogP contribution in [0.1, 0.15) is 32.6 Å². The summed E-state index contributed by atoms with van der Waals surface area (Å²) < 4.78 is 0. The van der Waals surface area contributed by atoms with Crippen molar-refractivity contribution in [1.82, 2.24) is 10.2 Å². The molecule has 2 fully saturated rings. The fourth-order valence-corrected chi connectivity index (χ4v) is 4.02. The number of amides is 1. The van der Waals surface area contributed by atoms with Crippen LogP contribution in [0.4, 0.5) is 0 Å². The van der Waals surface area contributed by atoms with Crippen LogP contribution in [0.3, 0.4) is 0 Å². The van der Waals surface area contributed by atoms with E-state index in [1.54, 1.807) is 0 Å². The Balaban J connectivity index is 2.16. The topological polar surface area (TPSA) is 32.3 Å². The third-order valence-corrected chi connectivity index (χ3v) is 4.79. The first kappa shape index (κ1) is 11.3. The van der Waals surface area contributed by atoms with Gasteiger partial charge in [-0.25, -0.2) is 0 Å². The highest BCUT2D eigenvalue weighted by atomic mass is 32.2. The van der Waals surface area contributed by atoms with Gasteiger partial charge in [0.15, 0.2) is 0 Å². The Morgan fingerprint density at radius 3 is 2.93 bits per heavy atom. The number of likely N-dealkylation sites (N-methyl/N-ethyl adjacent to an activating group) is 1. The summed E-state index contributed by atoms with van der Waals surface area (Å²) in [5.41, 5.74) is 0. The van der Waals surface area contributed by atoms with E-state index >= 15 is 0 Å². The molecular formula is C11H20N2OS. The number of piperidine rings is 1. The van der Waals surface area contributed by atoms with Crippen LogP contribution in [0, 0.1) is 0 Å². The van der Waals surface area contributed by atoms with Crippen LogP contribution in [0.2, 0.25) is 0 Å². The fourth-order valence-electron chi connectivity index (χ4n) is 2.57. The molecule has 4 heteroatoms. The molecule has 2 unspecified atom stereocenters. The number of carbonyl (C=O) groups excluding carboxylic acids is 1. The lowest BCUT2D eigenvalue weighted by molar-refractivity contribution is -0.137. The highest BCUT2D eigenvalue weighted by Crippen LogP contribution is 2.33. The minimum atomic E-state index is 0.0445. The molecule has 2 saturated heterocycles. The van der Waals surface area contributed by atoms with Gasteiger partial charge in [0.2, 0.25) is 5.91 Å². The lowest BCUT2D eigenvalue weighted by Crippen LogP contribution is -2.52. The molecule has 0 spiro atoms. The van der Waals surface area contributed by atoms with Gasteiger partial charge in [-0.15, -0.1) is 11.8 Å². The third kappa shape index (κ3) is 2.16. The Labute approximate surface area is 96.0 Å². The number of nitrogens with zero attached hydrogens (tertiary/aromatic N) is 1. The van der Waals surface area contributed by atoms with E-state index in [0.29, 0.717) is 17.3 Å². The van der Waals surface area contributed by atoms with Gasteiger partial charge in [0.1, 0.15) is 0 Å². The number of hydrogen-bond acceptors (Lipinski definition) is 3. The Bertz CT molecular complexity index is 247. The van der Waals surface area contributed by atoms with Crippen LogP contribution in [0.5, 0.6) is 0 Å². The van der Waals surface area contributed by atoms with Crippen LogP contribution in [-0.4, -0.2) is 41.1 Å². The largest absolute Gasteiger partial charge is 0.327 e. The van der Waals surface area contributed by atoms with Gasteiger partial charge >= 0.3 is 0 Å². The van der Waals surface area contributed by atoms with Crippen LogP contribution in [-0.2, 0) is 4.79 Å². The molecule has 1 N–H and O–H groups in total. The van der Waals surface area contributed by atoms with Crippen molar-refractivity contribution in [3.05, 3.63) is 0 Å². The number of hydrogen-bond donors (Lipinski definition) is 1. The van der Waals surface area contributed by atoms with Gasteiger partial charge in [0, 0.05) is 6.04 Å². The van der Waals surface area contributed by atoms with E-state index in [0.717, 1.165) is 12.2 Å². The first-order chi connectivity index (χ1) is 7.24. The summed E-state index contributed by atoms with van der Waals surface area (Å²) in [5.74, 6) is 1.42. The molecule has 3 nitrogen and oxygen atoms in total. The molecule has 0 aliphatic carbocycles. The normalized spacial score (nSPS) is 37.3. The lowest BCUT2D eigenvalue weighted by Gasteiger charge is -2.40. The minimum Gasteiger partial charge on any atom is -0.327 e. The standard InChI is InChI=1S/C11H20N2OS/c1-8-4-3-5-10-13(8)11(14)9(12-2)6-7-15-10/h8-10,12H,3-7H2,1-2H3/t8?,9-,10?/m0/s1. The van der Waals surface area contributed by atoms with Crippen molar-refractivity contribution >= 4 is 17.7 Å². The second-order valence-electron chi connectivity index (χ2n) is 4.48. The van der Waals surface area contributed by atoms with E-state index in [-0.39, 0.29) is 6.04 Å². The molecule has 0 aromatic heterocycles. The molecule has 86 valence electrons. The monoisotopic (exact) mass is 228 g/mol. The SMILES string of the molecule is CN[C@H]1CCSC2CCCC(C)N2C1=O. The first-order valence-electron chi connectivity index (χ1n) is 5.85. The van der Waals surface area contributed by atoms with E-state index in [1.807, 2.05) is 18.8 Å². The molecule has 2 heterocycles. The average Bonchev–Trinajstić information content (AvgIpc) is 2.39. The number of rotatable bonds is 1. The van der Waals surface area contributed by atoms with E-state index in [9.17, 15) is 4.79 Å². The Hall–Kier alpha value is -0.220. The molecule has 0 saturated carbocycles. The molecule has 15 heavy (non-hydrogen) atoms. The fraction of sp³-hybridized carbons (Fsp3) is 0.909. The zero-order valence-electron chi connectivity index (χ0n) is 9.53. The van der Waals surface area contributed by atoms with Gasteiger partial charge in [-0.1, -0.05) is 0 Å². The van der Waals surface area contributed by atoms with E-state index in [4.69, 9.17) is 0 Å². The molecule has 3 atom stereocenters. The summed E-state index contributed by atoms with van der Waals surface area (Å²) in [5, 5.41) is 3.59. The van der Waals surface area contributed by atoms with Crippen molar-refractivity contribution in [1.29, 1.82) is 0 Å². The van der Waals surface area contributed by atoms with Crippen molar-refractivity contribution < 1.29 is 4.79 Å². The quantitative estimate of drug-likeness (QED) is 0.737. The zero-order valence-corrected chi connectivity index (χ0v) is 10.3. The molecule has 0 aromatic carbocycles. The predicted molar refractivity (Wildman–Crippen MR) is 63.9 cm³/mol. The molecule has 1 amide bonds. The summed E-state index contributed by atoms with van der Waals surface area (Å²) in [6.45, 7) is 2.18. The van der Waals surface area contributed by atoms with Crippen molar-refractivity contribution in [3.63, 3.8) is 0 Å². The molecule has 0 aromatic rings. The highest BCUT2D eigenvalue weighted by Gasteiger charge is 2.37. The van der Waals surface area contributed by atoms with Crippen LogP contribution >= 0.6 is 11.8 Å². The van der Waals surface area contributed by atoms with Crippen LogP contribution in [0.15, 0.2) is 0 Å². The molecule has 2 aliphatic rings. The maximum absolute atomic E-state index is 12.3. The van der Waals surface area contributed by atoms with Gasteiger partial charge in [0.25, 0.3) is 0 Å². The smallest absolute Gasteiger partial charge is 0.240 e. The summed E-state index contributed by atoms with van der Waals surface area (Å²) in [7, 11) is 1.89. The minimum absolute atomic E-state index is 0.0445. The van der Waals surface area contributed by atoms with Gasteiger partial charge in [-0.2, -0.15) is 0 Å². The summed E-state index contributed by atoms with van der Waals surface area (Å²) in [6, 6.07) is 0.473. The number of carbonyl (C=O) groups is 1. The van der Waals surface area contributed by atoms with Gasteiger partial charge < -0.3 is 10.2 Å². The van der Waals surface area contributed by atoms with Gasteiger partial charge in [0.05, 0.1) is 11.4 Å². The zero-order chi connectivity index (χ0) is 10.8. The number of nitrogens with one attached hydrogen (secondary N) is 1. The van der Waals surface area contributed by atoms with Crippen molar-refractivity contribution in [2.75, 3.05) is 12.8 Å². The average molecular weight is 228 g/mol. The summed E-state index contributed by atoms with van der Waals surface area (Å²) in [6.07, 6.45) is 4.59. The predicted octanol–water partition coefficient (Wildman–Crippen LogP) is 1.44. The second kappa shape index (κ2) is 4.74. The second-order valence-corrected chi connectivity index (χ2v) is 5.77. The van der Waals surface area contributed by atoms with E-state index < -0.39 is 0 Å². The molecule has 2 rings (SSSR count). The van der Waals surface area contributed by atoms with Gasteiger partial charge in [-0.3, -0.25) is 4.79 Å². The first-order valence-corrected chi connectivity index (χ1v) is 6.90. The van der Waals surface area contributed by atoms with Crippen molar-refractivity contribution in [3.8, 4) is 0 Å². The lowest BCUT2D eigenvalue weighted by atomic mass is 10.0. The summed E-state index contributed by atoms with van der Waals surface area (Å²) in [4.78, 5) is 14.4. The van der Waals surface area contributed by atoms with Crippen molar-refractivity contribution in [2.45, 2.75) is 50.1 Å². The Kier molecular flexibility index (Phi) is 3.57. The Morgan fingerprint density at radius 1 is 1.40 bits per heavy atom. The highest BCUT2D eigenvalue weighted by molar-refractivity contribution is 7.99. The Morgan fingerprint density at radius 2 is 2.20 bits per heavy atom. The molecular weight excluding hydrogens is 208 g/mol. The summed E-state index contributed by atoms with van der Waals surface area (Å²) >= 11 is 1.96. The number of fused-ring (bicyclic) bond motifs is 1. The van der Waals surface area contributed by atoms with Crippen LogP contribution in [0.25, 0.3) is 0 Å². The molecule has 2 aliphatic heterocycles. The third-order valence-electron chi connectivity index (χ3n) is 3.48. The van der Waals surface area contributed by atoms with Gasteiger partial charge in [-0.05, 0) is 45.4 Å². The molecule has 0 bridgehead atoms. The van der Waals surface area contributed by atoms with E-state index in [1.165, 1.54) is 19.3 Å². The number of thioether (sulfide) groups is 1. The van der Waals surface area contributed by atoms with Crippen LogP contribution < -0.4 is 5.32 Å². The van der Waals surface area contributed by atoms with Crippen molar-refractivity contribution in [2.24, 2.45) is 0 Å².